The van der Waals surface area contributed by atoms with Gasteiger partial charge in [-0.25, -0.2) is 0 Å². The van der Waals surface area contributed by atoms with Gasteiger partial charge in [0, 0.05) is 25.6 Å². The Morgan fingerprint density at radius 3 is 2.25 bits per heavy atom. The Morgan fingerprint density at radius 2 is 1.67 bits per heavy atom. The van der Waals surface area contributed by atoms with Crippen molar-refractivity contribution in [3.8, 4) is 11.1 Å². The zero-order chi connectivity index (χ0) is 17.1. The van der Waals surface area contributed by atoms with E-state index in [1.165, 1.54) is 4.90 Å². The van der Waals surface area contributed by atoms with Crippen LogP contribution in [0.1, 0.15) is 16.8 Å². The van der Waals surface area contributed by atoms with Gasteiger partial charge in [0.2, 0.25) is 5.91 Å². The third-order valence-electron chi connectivity index (χ3n) is 4.42. The molecule has 1 aliphatic heterocycles. The van der Waals surface area contributed by atoms with E-state index >= 15 is 0 Å². The Balaban J connectivity index is 1.81. The fourth-order valence-electron chi connectivity index (χ4n) is 3.06. The number of hydrogen-bond donors (Lipinski definition) is 1. The van der Waals surface area contributed by atoms with Crippen molar-refractivity contribution in [1.29, 1.82) is 0 Å². The number of likely N-dealkylation sites (tertiary alicyclic amines) is 1. The highest BCUT2D eigenvalue weighted by Crippen LogP contribution is 2.24. The molecule has 24 heavy (non-hydrogen) atoms. The van der Waals surface area contributed by atoms with Crippen LogP contribution in [0.5, 0.6) is 0 Å². The Bertz CT molecular complexity index is 728. The number of ether oxygens (including phenoxy) is 1. The fourth-order valence-corrected chi connectivity index (χ4v) is 3.06. The molecule has 5 nitrogen and oxygen atoms in total. The summed E-state index contributed by atoms with van der Waals surface area (Å²) in [6.07, 6.45) is 0.287. The summed E-state index contributed by atoms with van der Waals surface area (Å²) in [5, 5.41) is 0. The number of amides is 2. The Kier molecular flexibility index (Phi) is 4.62. The van der Waals surface area contributed by atoms with Gasteiger partial charge in [-0.3, -0.25) is 9.59 Å². The summed E-state index contributed by atoms with van der Waals surface area (Å²) in [5.74, 6) is -0.693. The van der Waals surface area contributed by atoms with E-state index in [0.717, 1.165) is 11.1 Å². The second kappa shape index (κ2) is 6.84. The van der Waals surface area contributed by atoms with Gasteiger partial charge in [0.15, 0.2) is 0 Å². The third-order valence-corrected chi connectivity index (χ3v) is 4.42. The number of carbonyl (C=O) groups is 2. The minimum Gasteiger partial charge on any atom is -0.380 e. The smallest absolute Gasteiger partial charge is 0.254 e. The van der Waals surface area contributed by atoms with Crippen LogP contribution in [0.4, 0.5) is 0 Å². The highest BCUT2D eigenvalue weighted by atomic mass is 16.5. The number of nitrogens with zero attached hydrogens (tertiary/aromatic N) is 1. The molecule has 2 atom stereocenters. The van der Waals surface area contributed by atoms with E-state index in [9.17, 15) is 9.59 Å². The van der Waals surface area contributed by atoms with Crippen molar-refractivity contribution in [2.45, 2.75) is 18.6 Å². The minimum absolute atomic E-state index is 0.157. The number of hydrogen-bond acceptors (Lipinski definition) is 3. The van der Waals surface area contributed by atoms with Gasteiger partial charge in [0.05, 0.1) is 6.10 Å². The molecule has 0 saturated carbocycles. The molecule has 1 heterocycles. The lowest BCUT2D eigenvalue weighted by atomic mass is 10.0. The van der Waals surface area contributed by atoms with Crippen LogP contribution in [0.15, 0.2) is 54.6 Å². The summed E-state index contributed by atoms with van der Waals surface area (Å²) in [7, 11) is 1.57. The summed E-state index contributed by atoms with van der Waals surface area (Å²) in [4.78, 5) is 25.9. The van der Waals surface area contributed by atoms with E-state index in [4.69, 9.17) is 10.5 Å². The van der Waals surface area contributed by atoms with Crippen LogP contribution < -0.4 is 5.73 Å². The van der Waals surface area contributed by atoms with E-state index in [0.29, 0.717) is 18.5 Å². The second-order valence-electron chi connectivity index (χ2n) is 5.91. The molecule has 0 spiro atoms. The van der Waals surface area contributed by atoms with E-state index in [-0.39, 0.29) is 12.0 Å². The molecule has 1 aliphatic rings. The molecular formula is C19H20N2O3. The maximum absolute atomic E-state index is 12.7. The molecule has 124 valence electrons. The summed E-state index contributed by atoms with van der Waals surface area (Å²) in [5.41, 5.74) is 8.10. The zero-order valence-electron chi connectivity index (χ0n) is 13.5. The van der Waals surface area contributed by atoms with Crippen LogP contribution in [0.3, 0.4) is 0 Å². The van der Waals surface area contributed by atoms with Gasteiger partial charge in [-0.2, -0.15) is 0 Å². The van der Waals surface area contributed by atoms with E-state index in [1.807, 2.05) is 42.5 Å². The van der Waals surface area contributed by atoms with Crippen molar-refractivity contribution in [2.75, 3.05) is 13.7 Å². The summed E-state index contributed by atoms with van der Waals surface area (Å²) in [6.45, 7) is 0.378. The van der Waals surface area contributed by atoms with Crippen molar-refractivity contribution < 1.29 is 14.3 Å². The van der Waals surface area contributed by atoms with Gasteiger partial charge in [0.1, 0.15) is 6.04 Å². The van der Waals surface area contributed by atoms with Crippen LogP contribution in [-0.2, 0) is 9.53 Å². The lowest BCUT2D eigenvalue weighted by Crippen LogP contribution is -2.43. The van der Waals surface area contributed by atoms with Crippen molar-refractivity contribution in [3.63, 3.8) is 0 Å². The lowest BCUT2D eigenvalue weighted by molar-refractivity contribution is -0.121. The van der Waals surface area contributed by atoms with Crippen molar-refractivity contribution >= 4 is 11.8 Å². The number of rotatable bonds is 4. The Labute approximate surface area is 141 Å². The minimum atomic E-state index is -0.615. The highest BCUT2D eigenvalue weighted by Gasteiger charge is 2.38. The number of methoxy groups -OCH3 is 1. The van der Waals surface area contributed by atoms with Crippen LogP contribution in [0.2, 0.25) is 0 Å². The standard InChI is InChI=1S/C19H20N2O3/c1-24-16-11-17(18(20)22)21(12-16)19(23)15-9-7-14(8-10-15)13-5-3-2-4-6-13/h2-10,16-17H,11-12H2,1H3,(H2,20,22)/t16-,17-/m0/s1. The number of carbonyl (C=O) groups excluding carboxylic acids is 2. The van der Waals surface area contributed by atoms with Crippen LogP contribution in [0.25, 0.3) is 11.1 Å². The molecule has 2 aromatic carbocycles. The molecule has 1 saturated heterocycles. The molecule has 2 N–H and O–H groups in total. The average Bonchev–Trinajstić information content (AvgIpc) is 3.07. The molecule has 1 fully saturated rings. The molecule has 0 unspecified atom stereocenters. The van der Waals surface area contributed by atoms with Crippen LogP contribution in [-0.4, -0.2) is 42.5 Å². The van der Waals surface area contributed by atoms with E-state index < -0.39 is 11.9 Å². The molecule has 2 amide bonds. The largest absolute Gasteiger partial charge is 0.380 e. The summed E-state index contributed by atoms with van der Waals surface area (Å²) in [6, 6.07) is 16.7. The molecule has 3 rings (SSSR count). The molecule has 2 aromatic rings. The van der Waals surface area contributed by atoms with Crippen molar-refractivity contribution in [1.82, 2.24) is 4.90 Å². The second-order valence-corrected chi connectivity index (χ2v) is 5.91. The zero-order valence-corrected chi connectivity index (χ0v) is 13.5. The maximum atomic E-state index is 12.7. The quantitative estimate of drug-likeness (QED) is 0.936. The molecule has 5 heteroatoms. The van der Waals surface area contributed by atoms with Crippen molar-refractivity contribution in [3.05, 3.63) is 60.2 Å². The topological polar surface area (TPSA) is 72.6 Å². The van der Waals surface area contributed by atoms with Gasteiger partial charge in [-0.15, -0.1) is 0 Å². The Hall–Kier alpha value is -2.66. The van der Waals surface area contributed by atoms with Crippen molar-refractivity contribution in [2.24, 2.45) is 5.73 Å². The predicted octanol–water partition coefficient (Wildman–Crippen LogP) is 2.07. The van der Waals surface area contributed by atoms with E-state index in [2.05, 4.69) is 0 Å². The number of benzene rings is 2. The van der Waals surface area contributed by atoms with Gasteiger partial charge in [-0.05, 0) is 23.3 Å². The first kappa shape index (κ1) is 16.2. The Morgan fingerprint density at radius 1 is 1.04 bits per heavy atom. The predicted molar refractivity (Wildman–Crippen MR) is 91.3 cm³/mol. The van der Waals surface area contributed by atoms with E-state index in [1.54, 1.807) is 19.2 Å². The number of primary amides is 1. The van der Waals surface area contributed by atoms with Crippen LogP contribution in [0, 0.1) is 0 Å². The lowest BCUT2D eigenvalue weighted by Gasteiger charge is -2.22. The third kappa shape index (κ3) is 3.16. The first-order chi connectivity index (χ1) is 11.6. The molecule has 0 aliphatic carbocycles. The summed E-state index contributed by atoms with van der Waals surface area (Å²) >= 11 is 0. The van der Waals surface area contributed by atoms with Gasteiger partial charge < -0.3 is 15.4 Å². The highest BCUT2D eigenvalue weighted by molar-refractivity contribution is 5.98. The van der Waals surface area contributed by atoms with Crippen LogP contribution >= 0.6 is 0 Å². The first-order valence-electron chi connectivity index (χ1n) is 7.88. The van der Waals surface area contributed by atoms with Gasteiger partial charge in [-0.1, -0.05) is 42.5 Å². The maximum Gasteiger partial charge on any atom is 0.254 e. The number of nitrogens with two attached hydrogens (primary N) is 1. The SMILES string of the molecule is CO[C@H]1C[C@@H](C(N)=O)N(C(=O)c2ccc(-c3ccccc3)cc2)C1. The first-order valence-corrected chi connectivity index (χ1v) is 7.88. The molecular weight excluding hydrogens is 304 g/mol. The molecule has 0 radical (unpaired) electrons. The summed E-state index contributed by atoms with van der Waals surface area (Å²) < 4.78 is 5.28. The fraction of sp³-hybridized carbons (Fsp3) is 0.263. The monoisotopic (exact) mass is 324 g/mol. The molecule has 0 aromatic heterocycles. The average molecular weight is 324 g/mol. The molecule has 0 bridgehead atoms. The van der Waals surface area contributed by atoms with Gasteiger partial charge in [0.25, 0.3) is 5.91 Å². The van der Waals surface area contributed by atoms with Gasteiger partial charge >= 0.3 is 0 Å². The normalized spacial score (nSPS) is 20.1.